The Hall–Kier alpha value is -2.57. The zero-order valence-electron chi connectivity index (χ0n) is 20.6. The third-order valence-electron chi connectivity index (χ3n) is 8.25. The number of carbonyl (C=O) groups is 1. The summed E-state index contributed by atoms with van der Waals surface area (Å²) in [6, 6.07) is 15.7. The maximum Gasteiger partial charge on any atom is 0.224 e. The minimum Gasteiger partial charge on any atom is -0.486 e. The molecule has 2 aromatic rings. The van der Waals surface area contributed by atoms with Crippen LogP contribution in [-0.4, -0.2) is 73.7 Å². The number of hydrogen-bond acceptors (Lipinski definition) is 5. The number of likely N-dealkylation sites (tertiary alicyclic amines) is 2. The summed E-state index contributed by atoms with van der Waals surface area (Å²) in [4.78, 5) is 18.5. The molecule has 2 unspecified atom stereocenters. The number of amides is 1. The molecule has 2 aromatic carbocycles. The van der Waals surface area contributed by atoms with Crippen LogP contribution in [0.2, 0.25) is 0 Å². The van der Waals surface area contributed by atoms with Crippen LogP contribution in [0, 0.1) is 5.92 Å². The largest absolute Gasteiger partial charge is 0.486 e. The quantitative estimate of drug-likeness (QED) is 0.667. The van der Waals surface area contributed by atoms with Gasteiger partial charge in [-0.1, -0.05) is 30.3 Å². The molecule has 6 nitrogen and oxygen atoms in total. The van der Waals surface area contributed by atoms with E-state index in [0.29, 0.717) is 19.3 Å². The molecule has 0 aromatic heterocycles. The normalized spacial score (nSPS) is 23.4. The fourth-order valence-electron chi connectivity index (χ4n) is 6.38. The molecule has 1 amide bonds. The first-order valence-corrected chi connectivity index (χ1v) is 13.4. The first-order chi connectivity index (χ1) is 17.2. The monoisotopic (exact) mass is 475 g/mol. The minimum absolute atomic E-state index is 0.0834. The van der Waals surface area contributed by atoms with Crippen LogP contribution in [0.3, 0.4) is 0 Å². The van der Waals surface area contributed by atoms with Crippen LogP contribution in [0.4, 0.5) is 0 Å². The predicted molar refractivity (Wildman–Crippen MR) is 136 cm³/mol. The zero-order valence-corrected chi connectivity index (χ0v) is 20.6. The van der Waals surface area contributed by atoms with Gasteiger partial charge in [-0.25, -0.2) is 0 Å². The Balaban J connectivity index is 1.09. The first kappa shape index (κ1) is 22.9. The van der Waals surface area contributed by atoms with Gasteiger partial charge in [-0.2, -0.15) is 0 Å². The van der Waals surface area contributed by atoms with E-state index >= 15 is 0 Å². The Morgan fingerprint density at radius 3 is 2.49 bits per heavy atom. The van der Waals surface area contributed by atoms with Crippen molar-refractivity contribution in [2.75, 3.05) is 45.9 Å². The van der Waals surface area contributed by atoms with Gasteiger partial charge >= 0.3 is 0 Å². The average molecular weight is 476 g/mol. The summed E-state index contributed by atoms with van der Waals surface area (Å²) in [5.74, 6) is 1.95. The molecule has 0 radical (unpaired) electrons. The van der Waals surface area contributed by atoms with Gasteiger partial charge in [0.15, 0.2) is 11.5 Å². The van der Waals surface area contributed by atoms with E-state index in [9.17, 15) is 4.79 Å². The van der Waals surface area contributed by atoms with Crippen LogP contribution in [-0.2, 0) is 24.1 Å². The topological polar surface area (TPSA) is 54.0 Å². The molecule has 0 bridgehead atoms. The SMILES string of the molecule is O=C(NC(Cc1ccc2c(c1)OCCO2)CN1CCCC1)C1CCN(C2Cc3ccccc3C2)C1. The number of carbonyl (C=O) groups excluding carboxylic acids is 1. The molecular formula is C29H37N3O3. The van der Waals surface area contributed by atoms with Gasteiger partial charge in [0.25, 0.3) is 0 Å². The van der Waals surface area contributed by atoms with Crippen LogP contribution < -0.4 is 14.8 Å². The van der Waals surface area contributed by atoms with Gasteiger partial charge < -0.3 is 19.7 Å². The van der Waals surface area contributed by atoms with Gasteiger partial charge in [-0.05, 0) is 87.0 Å². The second kappa shape index (κ2) is 10.2. The number of nitrogens with one attached hydrogen (secondary N) is 1. The van der Waals surface area contributed by atoms with Gasteiger partial charge in [0.2, 0.25) is 5.91 Å². The standard InChI is InChI=1S/C29H37N3O3/c33-29(24-9-12-32(19-24)26-17-22-5-1-2-6-23(22)18-26)30-25(20-31-10-3-4-11-31)15-21-7-8-27-28(16-21)35-14-13-34-27/h1-2,5-8,16,24-26H,3-4,9-15,17-20H2,(H,30,33). The number of ether oxygens (including phenoxy) is 2. The minimum atomic E-state index is 0.0834. The molecule has 186 valence electrons. The Kier molecular flexibility index (Phi) is 6.66. The number of benzene rings is 2. The molecule has 4 aliphatic rings. The molecule has 3 aliphatic heterocycles. The lowest BCUT2D eigenvalue weighted by Crippen LogP contribution is -2.47. The van der Waals surface area contributed by atoms with Crippen LogP contribution >= 0.6 is 0 Å². The van der Waals surface area contributed by atoms with Crippen molar-refractivity contribution in [1.29, 1.82) is 0 Å². The van der Waals surface area contributed by atoms with E-state index in [-0.39, 0.29) is 17.9 Å². The lowest BCUT2D eigenvalue weighted by Gasteiger charge is -2.27. The Morgan fingerprint density at radius 2 is 1.71 bits per heavy atom. The molecule has 0 spiro atoms. The van der Waals surface area contributed by atoms with Crippen molar-refractivity contribution in [3.8, 4) is 11.5 Å². The van der Waals surface area contributed by atoms with E-state index in [0.717, 1.165) is 69.9 Å². The van der Waals surface area contributed by atoms with Crippen LogP contribution in [0.5, 0.6) is 11.5 Å². The van der Waals surface area contributed by atoms with Crippen LogP contribution in [0.25, 0.3) is 0 Å². The summed E-state index contributed by atoms with van der Waals surface area (Å²) in [5.41, 5.74) is 4.15. The van der Waals surface area contributed by atoms with Crippen molar-refractivity contribution in [3.63, 3.8) is 0 Å². The van der Waals surface area contributed by atoms with Crippen molar-refractivity contribution < 1.29 is 14.3 Å². The van der Waals surface area contributed by atoms with Crippen molar-refractivity contribution in [2.45, 2.75) is 50.6 Å². The van der Waals surface area contributed by atoms with Gasteiger partial charge in [0.1, 0.15) is 13.2 Å². The fourth-order valence-corrected chi connectivity index (χ4v) is 6.38. The third-order valence-corrected chi connectivity index (χ3v) is 8.25. The van der Waals surface area contributed by atoms with E-state index in [1.54, 1.807) is 0 Å². The summed E-state index contributed by atoms with van der Waals surface area (Å²) in [6.45, 7) is 6.27. The smallest absolute Gasteiger partial charge is 0.224 e. The third kappa shape index (κ3) is 5.19. The van der Waals surface area contributed by atoms with Gasteiger partial charge in [0.05, 0.1) is 5.92 Å². The van der Waals surface area contributed by atoms with Crippen molar-refractivity contribution >= 4 is 5.91 Å². The van der Waals surface area contributed by atoms with Gasteiger partial charge in [-0.3, -0.25) is 9.69 Å². The molecule has 3 heterocycles. The van der Waals surface area contributed by atoms with E-state index in [4.69, 9.17) is 9.47 Å². The van der Waals surface area contributed by atoms with Gasteiger partial charge in [-0.15, -0.1) is 0 Å². The molecule has 6 rings (SSSR count). The first-order valence-electron chi connectivity index (χ1n) is 13.4. The zero-order chi connectivity index (χ0) is 23.6. The Morgan fingerprint density at radius 1 is 0.971 bits per heavy atom. The summed E-state index contributed by atoms with van der Waals surface area (Å²) in [7, 11) is 0. The maximum absolute atomic E-state index is 13.4. The summed E-state index contributed by atoms with van der Waals surface area (Å²) >= 11 is 0. The number of fused-ring (bicyclic) bond motifs is 2. The van der Waals surface area contributed by atoms with Crippen molar-refractivity contribution in [2.24, 2.45) is 5.92 Å². The summed E-state index contributed by atoms with van der Waals surface area (Å²) in [6.07, 6.45) is 6.52. The molecule has 1 N–H and O–H groups in total. The lowest BCUT2D eigenvalue weighted by atomic mass is 10.0. The van der Waals surface area contributed by atoms with E-state index in [2.05, 4.69) is 51.5 Å². The highest BCUT2D eigenvalue weighted by molar-refractivity contribution is 5.79. The molecule has 6 heteroatoms. The molecule has 2 saturated heterocycles. The molecule has 1 aliphatic carbocycles. The number of rotatable bonds is 7. The average Bonchev–Trinajstić information content (AvgIpc) is 3.64. The van der Waals surface area contributed by atoms with Crippen LogP contribution in [0.1, 0.15) is 36.0 Å². The van der Waals surface area contributed by atoms with Crippen molar-refractivity contribution in [1.82, 2.24) is 15.1 Å². The lowest BCUT2D eigenvalue weighted by molar-refractivity contribution is -0.125. The fraction of sp³-hybridized carbons (Fsp3) is 0.552. The maximum atomic E-state index is 13.4. The predicted octanol–water partition coefficient (Wildman–Crippen LogP) is 3.07. The van der Waals surface area contributed by atoms with E-state index < -0.39 is 0 Å². The Bertz CT molecular complexity index is 1030. The van der Waals surface area contributed by atoms with Crippen LogP contribution in [0.15, 0.2) is 42.5 Å². The molecule has 0 saturated carbocycles. The summed E-state index contributed by atoms with van der Waals surface area (Å²) in [5, 5.41) is 3.46. The van der Waals surface area contributed by atoms with E-state index in [1.807, 2.05) is 6.07 Å². The summed E-state index contributed by atoms with van der Waals surface area (Å²) < 4.78 is 11.5. The molecule has 2 atom stereocenters. The molecular weight excluding hydrogens is 438 g/mol. The molecule has 35 heavy (non-hydrogen) atoms. The Labute approximate surface area is 208 Å². The van der Waals surface area contributed by atoms with E-state index in [1.165, 1.54) is 29.5 Å². The van der Waals surface area contributed by atoms with Crippen molar-refractivity contribution in [3.05, 3.63) is 59.2 Å². The van der Waals surface area contributed by atoms with Gasteiger partial charge in [0, 0.05) is 25.2 Å². The molecule has 2 fully saturated rings. The highest BCUT2D eigenvalue weighted by Crippen LogP contribution is 2.32. The highest BCUT2D eigenvalue weighted by atomic mass is 16.6. The second-order valence-corrected chi connectivity index (χ2v) is 10.7. The number of nitrogens with zero attached hydrogens (tertiary/aromatic N) is 2. The highest BCUT2D eigenvalue weighted by Gasteiger charge is 2.35. The second-order valence-electron chi connectivity index (χ2n) is 10.7. The number of hydrogen-bond donors (Lipinski definition) is 1.